The first kappa shape index (κ1) is 25.3. The molecule has 6 heteroatoms. The Morgan fingerprint density at radius 1 is 0.875 bits per heavy atom. The Kier molecular flexibility index (Phi) is 6.98. The van der Waals surface area contributed by atoms with E-state index in [1.807, 2.05) is 78.9 Å². The fraction of sp³-hybridized carbons (Fsp3) is 0.147. The average molecular weight is 528 g/mol. The lowest BCUT2D eigenvalue weighted by molar-refractivity contribution is 0.0517. The molecule has 4 aromatic carbocycles. The van der Waals surface area contributed by atoms with E-state index in [1.165, 1.54) is 0 Å². The van der Waals surface area contributed by atoms with E-state index in [0.29, 0.717) is 24.1 Å². The van der Waals surface area contributed by atoms with E-state index >= 15 is 0 Å². The molecule has 1 aliphatic rings. The van der Waals surface area contributed by atoms with Crippen LogP contribution in [0.1, 0.15) is 56.1 Å². The Morgan fingerprint density at radius 3 is 2.27 bits per heavy atom. The Balaban J connectivity index is 1.29. The standard InChI is InChI=1S/C34H29N3O3/c1-2-40-34(39)31-29-22-26-15-9-10-16-28(26)32(29)37(36-31)27-19-17-25(18-20-27)33(38)35-30(24-13-7-4-8-14-24)21-23-11-5-3-6-12-23/h3-20,30H,2,21-22H2,1H3,(H,35,38)/t30-/m1/s1. The van der Waals surface area contributed by atoms with Crippen LogP contribution in [0.25, 0.3) is 16.9 Å². The molecule has 1 aromatic heterocycles. The van der Waals surface area contributed by atoms with Gasteiger partial charge in [-0.1, -0.05) is 84.9 Å². The van der Waals surface area contributed by atoms with Crippen molar-refractivity contribution in [1.29, 1.82) is 0 Å². The number of fused-ring (bicyclic) bond motifs is 3. The molecule has 6 rings (SSSR count). The van der Waals surface area contributed by atoms with Gasteiger partial charge in [-0.25, -0.2) is 9.48 Å². The van der Waals surface area contributed by atoms with Crippen LogP contribution >= 0.6 is 0 Å². The summed E-state index contributed by atoms with van der Waals surface area (Å²) >= 11 is 0. The van der Waals surface area contributed by atoms with Gasteiger partial charge in [0.1, 0.15) is 0 Å². The van der Waals surface area contributed by atoms with Gasteiger partial charge in [-0.15, -0.1) is 0 Å². The average Bonchev–Trinajstić information content (AvgIpc) is 3.56. The lowest BCUT2D eigenvalue weighted by Crippen LogP contribution is -2.30. The van der Waals surface area contributed by atoms with Crippen molar-refractivity contribution in [2.24, 2.45) is 0 Å². The molecule has 1 aliphatic carbocycles. The van der Waals surface area contributed by atoms with Crippen LogP contribution in [0.5, 0.6) is 0 Å². The Bertz CT molecular complexity index is 1660. The van der Waals surface area contributed by atoms with Crippen LogP contribution in [0.2, 0.25) is 0 Å². The highest BCUT2D eigenvalue weighted by Gasteiger charge is 2.31. The zero-order valence-electron chi connectivity index (χ0n) is 22.2. The number of nitrogens with one attached hydrogen (secondary N) is 1. The van der Waals surface area contributed by atoms with Gasteiger partial charge >= 0.3 is 5.97 Å². The van der Waals surface area contributed by atoms with Crippen molar-refractivity contribution in [1.82, 2.24) is 15.1 Å². The highest BCUT2D eigenvalue weighted by molar-refractivity contribution is 5.95. The van der Waals surface area contributed by atoms with Crippen LogP contribution in [0, 0.1) is 0 Å². The highest BCUT2D eigenvalue weighted by Crippen LogP contribution is 2.40. The minimum Gasteiger partial charge on any atom is -0.461 e. The summed E-state index contributed by atoms with van der Waals surface area (Å²) in [6, 6.07) is 35.4. The number of aromatic nitrogens is 2. The lowest BCUT2D eigenvalue weighted by Gasteiger charge is -2.20. The third-order valence-electron chi connectivity index (χ3n) is 7.26. The second-order valence-corrected chi connectivity index (χ2v) is 9.82. The van der Waals surface area contributed by atoms with E-state index in [1.54, 1.807) is 23.7 Å². The minimum absolute atomic E-state index is 0.153. The molecule has 0 bridgehead atoms. The van der Waals surface area contributed by atoms with Gasteiger partial charge in [-0.2, -0.15) is 5.10 Å². The predicted octanol–water partition coefficient (Wildman–Crippen LogP) is 6.33. The molecule has 1 amide bonds. The van der Waals surface area contributed by atoms with E-state index in [0.717, 1.165) is 39.2 Å². The fourth-order valence-electron chi connectivity index (χ4n) is 5.32. The van der Waals surface area contributed by atoms with Crippen LogP contribution in [-0.4, -0.2) is 28.3 Å². The summed E-state index contributed by atoms with van der Waals surface area (Å²) in [6.45, 7) is 2.07. The summed E-state index contributed by atoms with van der Waals surface area (Å²) in [5, 5.41) is 7.89. The molecule has 0 fully saturated rings. The summed E-state index contributed by atoms with van der Waals surface area (Å²) < 4.78 is 7.09. The molecule has 198 valence electrons. The van der Waals surface area contributed by atoms with Crippen molar-refractivity contribution >= 4 is 11.9 Å². The zero-order chi connectivity index (χ0) is 27.5. The number of amides is 1. The second kappa shape index (κ2) is 11.0. The van der Waals surface area contributed by atoms with Crippen molar-refractivity contribution < 1.29 is 14.3 Å². The molecule has 0 saturated carbocycles. The smallest absolute Gasteiger partial charge is 0.359 e. The van der Waals surface area contributed by atoms with Crippen molar-refractivity contribution in [3.8, 4) is 16.9 Å². The van der Waals surface area contributed by atoms with Gasteiger partial charge in [0.25, 0.3) is 5.91 Å². The number of esters is 1. The van der Waals surface area contributed by atoms with Crippen LogP contribution < -0.4 is 5.32 Å². The largest absolute Gasteiger partial charge is 0.461 e. The van der Waals surface area contributed by atoms with Crippen molar-refractivity contribution in [3.05, 3.63) is 143 Å². The Morgan fingerprint density at radius 2 is 1.55 bits per heavy atom. The summed E-state index contributed by atoms with van der Waals surface area (Å²) in [5.74, 6) is -0.578. The molecule has 0 spiro atoms. The predicted molar refractivity (Wildman–Crippen MR) is 155 cm³/mol. The first-order valence-electron chi connectivity index (χ1n) is 13.5. The maximum Gasteiger partial charge on any atom is 0.359 e. The number of hydrogen-bond acceptors (Lipinski definition) is 4. The topological polar surface area (TPSA) is 73.2 Å². The molecule has 0 unspecified atom stereocenters. The first-order valence-corrected chi connectivity index (χ1v) is 13.5. The molecule has 1 heterocycles. The van der Waals surface area contributed by atoms with Gasteiger partial charge in [0.15, 0.2) is 5.69 Å². The van der Waals surface area contributed by atoms with E-state index in [9.17, 15) is 9.59 Å². The number of hydrogen-bond donors (Lipinski definition) is 1. The molecule has 1 N–H and O–H groups in total. The summed E-state index contributed by atoms with van der Waals surface area (Å²) in [4.78, 5) is 26.1. The Labute approximate surface area is 233 Å². The van der Waals surface area contributed by atoms with Crippen LogP contribution in [0.3, 0.4) is 0 Å². The first-order chi connectivity index (χ1) is 19.6. The number of carbonyl (C=O) groups is 2. The van der Waals surface area contributed by atoms with Gasteiger partial charge in [-0.3, -0.25) is 4.79 Å². The molecule has 0 saturated heterocycles. The van der Waals surface area contributed by atoms with Gasteiger partial charge in [0.2, 0.25) is 0 Å². The molecule has 5 aromatic rings. The molecular weight excluding hydrogens is 498 g/mol. The van der Waals surface area contributed by atoms with Crippen molar-refractivity contribution in [3.63, 3.8) is 0 Å². The number of nitrogens with zero attached hydrogens (tertiary/aromatic N) is 2. The zero-order valence-corrected chi connectivity index (χ0v) is 22.2. The Hall–Kier alpha value is -4.97. The number of carbonyl (C=O) groups excluding carboxylic acids is 2. The van der Waals surface area contributed by atoms with E-state index in [-0.39, 0.29) is 18.6 Å². The summed E-state index contributed by atoms with van der Waals surface area (Å²) in [5.41, 5.74) is 7.81. The van der Waals surface area contributed by atoms with Crippen LogP contribution in [-0.2, 0) is 17.6 Å². The van der Waals surface area contributed by atoms with Crippen molar-refractivity contribution in [2.45, 2.75) is 25.8 Å². The second-order valence-electron chi connectivity index (χ2n) is 9.82. The van der Waals surface area contributed by atoms with Gasteiger partial charge in [0, 0.05) is 23.1 Å². The van der Waals surface area contributed by atoms with E-state index in [2.05, 4.69) is 28.6 Å². The summed E-state index contributed by atoms with van der Waals surface area (Å²) in [6.07, 6.45) is 1.31. The van der Waals surface area contributed by atoms with E-state index in [4.69, 9.17) is 4.74 Å². The third-order valence-corrected chi connectivity index (χ3v) is 7.26. The monoisotopic (exact) mass is 527 g/mol. The lowest BCUT2D eigenvalue weighted by atomic mass is 9.98. The molecule has 40 heavy (non-hydrogen) atoms. The number of benzene rings is 4. The molecule has 0 aliphatic heterocycles. The molecule has 0 radical (unpaired) electrons. The SMILES string of the molecule is CCOC(=O)c1nn(-c2ccc(C(=O)N[C@H](Cc3ccccc3)c3ccccc3)cc2)c2c1Cc1ccccc1-2. The van der Waals surface area contributed by atoms with E-state index < -0.39 is 5.97 Å². The van der Waals surface area contributed by atoms with Crippen LogP contribution in [0.4, 0.5) is 0 Å². The van der Waals surface area contributed by atoms with Gasteiger partial charge < -0.3 is 10.1 Å². The van der Waals surface area contributed by atoms with Gasteiger partial charge in [-0.05, 0) is 54.3 Å². The van der Waals surface area contributed by atoms with Crippen LogP contribution in [0.15, 0.2) is 109 Å². The highest BCUT2D eigenvalue weighted by atomic mass is 16.5. The quantitative estimate of drug-likeness (QED) is 0.235. The molecular formula is C34H29N3O3. The van der Waals surface area contributed by atoms with Crippen molar-refractivity contribution in [2.75, 3.05) is 6.61 Å². The third kappa shape index (κ3) is 4.92. The minimum atomic E-state index is -0.424. The number of rotatable bonds is 8. The maximum atomic E-state index is 13.4. The fourth-order valence-corrected chi connectivity index (χ4v) is 5.32. The van der Waals surface area contributed by atoms with Gasteiger partial charge in [0.05, 0.1) is 24.0 Å². The molecule has 6 nitrogen and oxygen atoms in total. The normalized spacial score (nSPS) is 12.3. The maximum absolute atomic E-state index is 13.4. The summed E-state index contributed by atoms with van der Waals surface area (Å²) in [7, 11) is 0. The number of ether oxygens (including phenoxy) is 1. The molecule has 1 atom stereocenters.